The first-order valence-electron chi connectivity index (χ1n) is 13.7. The third-order valence-electron chi connectivity index (χ3n) is 7.03. The number of carboxylic acid groups (broad SMARTS) is 1. The van der Waals surface area contributed by atoms with Crippen molar-refractivity contribution in [2.75, 3.05) is 19.8 Å². The summed E-state index contributed by atoms with van der Waals surface area (Å²) in [7, 11) is 3.57. The minimum atomic E-state index is -0.924. The van der Waals surface area contributed by atoms with Crippen molar-refractivity contribution in [3.8, 4) is 5.75 Å². The second-order valence-corrected chi connectivity index (χ2v) is 11.8. The lowest BCUT2D eigenvalue weighted by Gasteiger charge is -2.23. The molecule has 0 saturated carbocycles. The average Bonchev–Trinajstić information content (AvgIpc) is 2.97. The quantitative estimate of drug-likeness (QED) is 0.172. The SMILES string of the molecule is CCC(CSC(CCc1ccccc1C(=O)O)c1cccc(OCc2ccc3ccc(Cl)cc3n2)c1)C(=O)N(C)C. The van der Waals surface area contributed by atoms with E-state index in [2.05, 4.69) is 11.1 Å². The van der Waals surface area contributed by atoms with Gasteiger partial charge in [-0.05, 0) is 66.8 Å². The molecule has 8 heteroatoms. The number of hydrogen-bond acceptors (Lipinski definition) is 5. The number of pyridine rings is 1. The van der Waals surface area contributed by atoms with Gasteiger partial charge < -0.3 is 14.7 Å². The number of rotatable bonds is 13. The standard InChI is InChI=1S/C33H35ClN2O4S/c1-4-22(32(37)36(2)3)21-41-31(17-14-23-8-5-6-11-29(23)33(38)39)25-9-7-10-28(18-25)40-20-27-16-13-24-12-15-26(34)19-30(24)35-27/h5-13,15-16,18-19,22,31H,4,14,17,20-21H2,1-3H3,(H,38,39). The number of aryl methyl sites for hydroxylation is 1. The number of carbonyl (C=O) groups is 2. The molecule has 1 heterocycles. The first kappa shape index (κ1) is 30.4. The van der Waals surface area contributed by atoms with E-state index in [4.69, 9.17) is 16.3 Å². The van der Waals surface area contributed by atoms with Crippen molar-refractivity contribution in [3.63, 3.8) is 0 Å². The van der Waals surface area contributed by atoms with Gasteiger partial charge in [-0.25, -0.2) is 9.78 Å². The van der Waals surface area contributed by atoms with Gasteiger partial charge in [-0.2, -0.15) is 11.8 Å². The molecule has 1 aromatic heterocycles. The van der Waals surface area contributed by atoms with Gasteiger partial charge in [0.1, 0.15) is 12.4 Å². The summed E-state index contributed by atoms with van der Waals surface area (Å²) in [5, 5.41) is 11.4. The first-order chi connectivity index (χ1) is 19.7. The number of aromatic nitrogens is 1. The molecule has 3 aromatic carbocycles. The van der Waals surface area contributed by atoms with Crippen molar-refractivity contribution in [1.82, 2.24) is 9.88 Å². The van der Waals surface area contributed by atoms with Gasteiger partial charge in [-0.3, -0.25) is 4.79 Å². The Morgan fingerprint density at radius 1 is 1.02 bits per heavy atom. The topological polar surface area (TPSA) is 79.7 Å². The van der Waals surface area contributed by atoms with Gasteiger partial charge in [-0.15, -0.1) is 0 Å². The monoisotopic (exact) mass is 590 g/mol. The molecular formula is C33H35ClN2O4S. The van der Waals surface area contributed by atoms with E-state index in [9.17, 15) is 14.7 Å². The van der Waals surface area contributed by atoms with Crippen molar-refractivity contribution in [1.29, 1.82) is 0 Å². The van der Waals surface area contributed by atoms with E-state index in [0.717, 1.165) is 46.3 Å². The van der Waals surface area contributed by atoms with E-state index in [1.54, 1.807) is 42.9 Å². The highest BCUT2D eigenvalue weighted by Gasteiger charge is 2.22. The van der Waals surface area contributed by atoms with Crippen LogP contribution in [0.4, 0.5) is 0 Å². The van der Waals surface area contributed by atoms with Gasteiger partial charge in [0.05, 0.1) is 16.8 Å². The molecule has 6 nitrogen and oxygen atoms in total. The Hall–Kier alpha value is -3.55. The van der Waals surface area contributed by atoms with Crippen molar-refractivity contribution < 1.29 is 19.4 Å². The summed E-state index contributed by atoms with van der Waals surface area (Å²) in [6, 6.07) is 24.7. The number of nitrogens with zero attached hydrogens (tertiary/aromatic N) is 2. The Labute approximate surface area is 250 Å². The molecule has 0 radical (unpaired) electrons. The molecule has 0 aliphatic heterocycles. The third kappa shape index (κ3) is 8.24. The first-order valence-corrected chi connectivity index (χ1v) is 15.1. The second-order valence-electron chi connectivity index (χ2n) is 10.2. The van der Waals surface area contributed by atoms with Crippen LogP contribution in [0.3, 0.4) is 0 Å². The number of amides is 1. The number of hydrogen-bond donors (Lipinski definition) is 1. The zero-order chi connectivity index (χ0) is 29.4. The van der Waals surface area contributed by atoms with Crippen LogP contribution >= 0.6 is 23.4 Å². The molecule has 1 amide bonds. The molecule has 214 valence electrons. The number of carboxylic acids is 1. The van der Waals surface area contributed by atoms with Gasteiger partial charge in [0.15, 0.2) is 0 Å². The van der Waals surface area contributed by atoms with Gasteiger partial charge in [0.2, 0.25) is 5.91 Å². The molecular weight excluding hydrogens is 556 g/mol. The Kier molecular flexibility index (Phi) is 10.7. The number of ether oxygens (including phenoxy) is 1. The molecule has 0 spiro atoms. The fourth-order valence-corrected chi connectivity index (χ4v) is 6.35. The molecule has 2 atom stereocenters. The molecule has 0 fully saturated rings. The fourth-order valence-electron chi connectivity index (χ4n) is 4.72. The highest BCUT2D eigenvalue weighted by molar-refractivity contribution is 7.99. The number of carbonyl (C=O) groups excluding carboxylic acids is 1. The van der Waals surface area contributed by atoms with Gasteiger partial charge in [0.25, 0.3) is 0 Å². The maximum atomic E-state index is 12.7. The summed E-state index contributed by atoms with van der Waals surface area (Å²) in [5.41, 5.74) is 3.83. The Bertz CT molecular complexity index is 1510. The van der Waals surface area contributed by atoms with Crippen LogP contribution < -0.4 is 4.74 Å². The summed E-state index contributed by atoms with van der Waals surface area (Å²) in [4.78, 5) is 30.8. The molecule has 2 unspecified atom stereocenters. The van der Waals surface area contributed by atoms with Crippen LogP contribution in [0.1, 0.15) is 52.2 Å². The molecule has 0 aliphatic carbocycles. The Balaban J connectivity index is 1.52. The number of thioether (sulfide) groups is 1. The van der Waals surface area contributed by atoms with Crippen LogP contribution in [-0.2, 0) is 17.8 Å². The second kappa shape index (κ2) is 14.4. The highest BCUT2D eigenvalue weighted by Crippen LogP contribution is 2.37. The van der Waals surface area contributed by atoms with Crippen LogP contribution in [0.25, 0.3) is 10.9 Å². The molecule has 4 aromatic rings. The summed E-state index contributed by atoms with van der Waals surface area (Å²) in [6.07, 6.45) is 2.08. The van der Waals surface area contributed by atoms with Crippen molar-refractivity contribution >= 4 is 46.1 Å². The lowest BCUT2D eigenvalue weighted by atomic mass is 9.99. The highest BCUT2D eigenvalue weighted by atomic mass is 35.5. The lowest BCUT2D eigenvalue weighted by Crippen LogP contribution is -2.30. The van der Waals surface area contributed by atoms with Crippen LogP contribution in [0.15, 0.2) is 78.9 Å². The van der Waals surface area contributed by atoms with Crippen LogP contribution in [0.5, 0.6) is 5.75 Å². The molecule has 0 saturated heterocycles. The normalized spacial score (nSPS) is 12.6. The van der Waals surface area contributed by atoms with Crippen molar-refractivity contribution in [2.45, 2.75) is 38.0 Å². The minimum absolute atomic E-state index is 0.0466. The number of fused-ring (bicyclic) bond motifs is 1. The van der Waals surface area contributed by atoms with Crippen LogP contribution in [0.2, 0.25) is 5.02 Å². The van der Waals surface area contributed by atoms with E-state index in [0.29, 0.717) is 29.4 Å². The smallest absolute Gasteiger partial charge is 0.335 e. The zero-order valence-corrected chi connectivity index (χ0v) is 25.1. The van der Waals surface area contributed by atoms with E-state index in [1.165, 1.54) is 0 Å². The van der Waals surface area contributed by atoms with Gasteiger partial charge in [-0.1, -0.05) is 61.0 Å². The fraction of sp³-hybridized carbons (Fsp3) is 0.303. The van der Waals surface area contributed by atoms with Gasteiger partial charge >= 0.3 is 5.97 Å². The van der Waals surface area contributed by atoms with Crippen molar-refractivity contribution in [2.24, 2.45) is 5.92 Å². The predicted molar refractivity (Wildman–Crippen MR) is 167 cm³/mol. The van der Waals surface area contributed by atoms with Crippen LogP contribution in [-0.4, -0.2) is 46.7 Å². The summed E-state index contributed by atoms with van der Waals surface area (Å²) >= 11 is 7.88. The average molecular weight is 591 g/mol. The molecule has 0 bridgehead atoms. The van der Waals surface area contributed by atoms with E-state index < -0.39 is 5.97 Å². The molecule has 4 rings (SSSR count). The summed E-state index contributed by atoms with van der Waals surface area (Å²) < 4.78 is 6.15. The lowest BCUT2D eigenvalue weighted by molar-refractivity contribution is -0.132. The maximum absolute atomic E-state index is 12.7. The number of aromatic carboxylic acids is 1. The summed E-state index contributed by atoms with van der Waals surface area (Å²) in [6.45, 7) is 2.35. The minimum Gasteiger partial charge on any atom is -0.487 e. The zero-order valence-electron chi connectivity index (χ0n) is 23.5. The molecule has 1 N–H and O–H groups in total. The molecule has 41 heavy (non-hydrogen) atoms. The van der Waals surface area contributed by atoms with E-state index in [1.807, 2.05) is 67.6 Å². The van der Waals surface area contributed by atoms with Crippen LogP contribution in [0, 0.1) is 5.92 Å². The third-order valence-corrected chi connectivity index (χ3v) is 8.77. The maximum Gasteiger partial charge on any atom is 0.335 e. The largest absolute Gasteiger partial charge is 0.487 e. The van der Waals surface area contributed by atoms with E-state index in [-0.39, 0.29) is 17.1 Å². The Morgan fingerprint density at radius 3 is 2.56 bits per heavy atom. The summed E-state index contributed by atoms with van der Waals surface area (Å²) in [5.74, 6) is 0.510. The van der Waals surface area contributed by atoms with Gasteiger partial charge in [0, 0.05) is 41.4 Å². The molecule has 0 aliphatic rings. The predicted octanol–water partition coefficient (Wildman–Crippen LogP) is 7.69. The number of benzene rings is 3. The van der Waals surface area contributed by atoms with E-state index >= 15 is 0 Å². The van der Waals surface area contributed by atoms with Crippen molar-refractivity contribution in [3.05, 3.63) is 106 Å². The number of halogens is 1. The Morgan fingerprint density at radius 2 is 1.80 bits per heavy atom.